The summed E-state index contributed by atoms with van der Waals surface area (Å²) >= 11 is 1.92. The van der Waals surface area contributed by atoms with E-state index in [0.717, 1.165) is 6.67 Å². The fourth-order valence-corrected chi connectivity index (χ4v) is 3.64. The summed E-state index contributed by atoms with van der Waals surface area (Å²) in [6, 6.07) is 0.494. The number of carbonyl (C=O) groups excluding carboxylic acids is 1. The number of nitrogens with zero attached hydrogens (tertiary/aromatic N) is 1. The molecule has 2 rings (SSSR count). The van der Waals surface area contributed by atoms with Crippen molar-refractivity contribution in [3.63, 3.8) is 0 Å². The van der Waals surface area contributed by atoms with E-state index in [1.807, 2.05) is 18.7 Å². The van der Waals surface area contributed by atoms with Crippen molar-refractivity contribution < 1.29 is 4.79 Å². The van der Waals surface area contributed by atoms with Gasteiger partial charge in [0.2, 0.25) is 5.91 Å². The Morgan fingerprint density at radius 1 is 1.40 bits per heavy atom. The summed E-state index contributed by atoms with van der Waals surface area (Å²) in [5.41, 5.74) is 0. The molecule has 1 amide bonds. The molecule has 3 nitrogen and oxygen atoms in total. The molecular formula is C11H20N2OS. The number of hydrogen-bond donors (Lipinski definition) is 1. The number of nitrogens with one attached hydrogen (secondary N) is 1. The average molecular weight is 228 g/mol. The van der Waals surface area contributed by atoms with E-state index in [1.54, 1.807) is 0 Å². The summed E-state index contributed by atoms with van der Waals surface area (Å²) in [5, 5.41) is 3.88. The summed E-state index contributed by atoms with van der Waals surface area (Å²) in [5.74, 6) is 0.293. The van der Waals surface area contributed by atoms with Crippen molar-refractivity contribution in [2.45, 2.75) is 49.9 Å². The number of amides is 1. The first-order valence-corrected chi connectivity index (χ1v) is 7.09. The maximum atomic E-state index is 11.9. The van der Waals surface area contributed by atoms with Gasteiger partial charge < -0.3 is 4.90 Å². The molecule has 1 aliphatic heterocycles. The second-order valence-corrected chi connectivity index (χ2v) is 5.59. The third-order valence-electron chi connectivity index (χ3n) is 3.59. The summed E-state index contributed by atoms with van der Waals surface area (Å²) in [6.07, 6.45) is 7.23. The van der Waals surface area contributed by atoms with E-state index in [2.05, 4.69) is 16.5 Å². The Labute approximate surface area is 96.0 Å². The Morgan fingerprint density at radius 2 is 2.13 bits per heavy atom. The quantitative estimate of drug-likeness (QED) is 0.776. The molecule has 15 heavy (non-hydrogen) atoms. The predicted molar refractivity (Wildman–Crippen MR) is 63.9 cm³/mol. The molecular weight excluding hydrogens is 208 g/mol. The summed E-state index contributed by atoms with van der Waals surface area (Å²) in [6.45, 7) is 2.71. The third kappa shape index (κ3) is 2.16. The van der Waals surface area contributed by atoms with Crippen molar-refractivity contribution in [1.82, 2.24) is 10.2 Å². The largest absolute Gasteiger partial charge is 0.324 e. The minimum absolute atomic E-state index is 0.0226. The first-order chi connectivity index (χ1) is 7.24. The van der Waals surface area contributed by atoms with Gasteiger partial charge in [-0.3, -0.25) is 10.1 Å². The summed E-state index contributed by atoms with van der Waals surface area (Å²) in [4.78, 5) is 14.0. The van der Waals surface area contributed by atoms with Crippen LogP contribution >= 0.6 is 11.8 Å². The highest BCUT2D eigenvalue weighted by molar-refractivity contribution is 7.99. The van der Waals surface area contributed by atoms with Crippen molar-refractivity contribution >= 4 is 17.7 Å². The number of carbonyl (C=O) groups is 1. The standard InChI is InChI=1S/C11H20N2OS/c1-8-11(14)13(7-12-8)9-5-3-4-6-10(9)15-2/h8-10,12H,3-7H2,1-2H3. The van der Waals surface area contributed by atoms with Crippen LogP contribution in [0.15, 0.2) is 0 Å². The molecule has 0 radical (unpaired) electrons. The number of rotatable bonds is 2. The van der Waals surface area contributed by atoms with E-state index in [4.69, 9.17) is 0 Å². The van der Waals surface area contributed by atoms with Gasteiger partial charge in [0.05, 0.1) is 12.7 Å². The van der Waals surface area contributed by atoms with Crippen LogP contribution in [-0.4, -0.2) is 41.1 Å². The second-order valence-electron chi connectivity index (χ2n) is 4.52. The molecule has 0 spiro atoms. The van der Waals surface area contributed by atoms with E-state index in [9.17, 15) is 4.79 Å². The normalized spacial score (nSPS) is 37.3. The topological polar surface area (TPSA) is 32.3 Å². The zero-order valence-corrected chi connectivity index (χ0v) is 10.3. The van der Waals surface area contributed by atoms with Gasteiger partial charge in [-0.15, -0.1) is 0 Å². The number of hydrogen-bond acceptors (Lipinski definition) is 3. The number of thioether (sulfide) groups is 1. The Bertz CT molecular complexity index is 247. The third-order valence-corrected chi connectivity index (χ3v) is 4.75. The molecule has 2 fully saturated rings. The molecule has 1 N–H and O–H groups in total. The van der Waals surface area contributed by atoms with Crippen molar-refractivity contribution in [2.75, 3.05) is 12.9 Å². The van der Waals surface area contributed by atoms with Crippen molar-refractivity contribution in [2.24, 2.45) is 0 Å². The van der Waals surface area contributed by atoms with Gasteiger partial charge in [-0.25, -0.2) is 0 Å². The van der Waals surface area contributed by atoms with Gasteiger partial charge in [0, 0.05) is 11.3 Å². The van der Waals surface area contributed by atoms with Crippen LogP contribution in [0.2, 0.25) is 0 Å². The monoisotopic (exact) mass is 228 g/mol. The van der Waals surface area contributed by atoms with Crippen molar-refractivity contribution in [3.8, 4) is 0 Å². The lowest BCUT2D eigenvalue weighted by molar-refractivity contribution is -0.130. The Kier molecular flexibility index (Phi) is 3.57. The molecule has 4 heteroatoms. The van der Waals surface area contributed by atoms with Crippen LogP contribution in [0.3, 0.4) is 0 Å². The van der Waals surface area contributed by atoms with Crippen molar-refractivity contribution in [1.29, 1.82) is 0 Å². The van der Waals surface area contributed by atoms with E-state index in [-0.39, 0.29) is 6.04 Å². The first-order valence-electron chi connectivity index (χ1n) is 5.80. The fourth-order valence-electron chi connectivity index (χ4n) is 2.64. The molecule has 1 heterocycles. The van der Waals surface area contributed by atoms with Gasteiger partial charge in [0.1, 0.15) is 0 Å². The molecule has 0 bridgehead atoms. The van der Waals surface area contributed by atoms with Gasteiger partial charge in [-0.1, -0.05) is 12.8 Å². The van der Waals surface area contributed by atoms with Gasteiger partial charge in [-0.2, -0.15) is 11.8 Å². The highest BCUT2D eigenvalue weighted by Crippen LogP contribution is 2.31. The van der Waals surface area contributed by atoms with Crippen LogP contribution in [0.5, 0.6) is 0 Å². The van der Waals surface area contributed by atoms with E-state index >= 15 is 0 Å². The summed E-state index contributed by atoms with van der Waals surface area (Å²) in [7, 11) is 0. The van der Waals surface area contributed by atoms with E-state index in [0.29, 0.717) is 17.2 Å². The lowest BCUT2D eigenvalue weighted by atomic mass is 9.93. The molecule has 2 aliphatic rings. The van der Waals surface area contributed by atoms with Crippen LogP contribution < -0.4 is 5.32 Å². The lowest BCUT2D eigenvalue weighted by Crippen LogP contribution is -2.45. The Morgan fingerprint density at radius 3 is 2.73 bits per heavy atom. The highest BCUT2D eigenvalue weighted by atomic mass is 32.2. The van der Waals surface area contributed by atoms with Gasteiger partial charge in [0.25, 0.3) is 0 Å². The van der Waals surface area contributed by atoms with Crippen LogP contribution in [0.25, 0.3) is 0 Å². The fraction of sp³-hybridized carbons (Fsp3) is 0.909. The van der Waals surface area contributed by atoms with Crippen LogP contribution in [0.1, 0.15) is 32.6 Å². The molecule has 86 valence electrons. The zero-order valence-electron chi connectivity index (χ0n) is 9.53. The first kappa shape index (κ1) is 11.3. The second kappa shape index (κ2) is 4.74. The Balaban J connectivity index is 2.04. The molecule has 0 aromatic heterocycles. The van der Waals surface area contributed by atoms with Crippen LogP contribution in [0, 0.1) is 0 Å². The molecule has 0 aromatic rings. The van der Waals surface area contributed by atoms with Crippen LogP contribution in [-0.2, 0) is 4.79 Å². The SMILES string of the molecule is CSC1CCCCC1N1CNC(C)C1=O. The van der Waals surface area contributed by atoms with Gasteiger partial charge in [0.15, 0.2) is 0 Å². The minimum atomic E-state index is 0.0226. The maximum absolute atomic E-state index is 11.9. The molecule has 1 saturated heterocycles. The lowest BCUT2D eigenvalue weighted by Gasteiger charge is -2.36. The highest BCUT2D eigenvalue weighted by Gasteiger charge is 2.37. The minimum Gasteiger partial charge on any atom is -0.324 e. The smallest absolute Gasteiger partial charge is 0.240 e. The van der Waals surface area contributed by atoms with Gasteiger partial charge >= 0.3 is 0 Å². The Hall–Kier alpha value is -0.220. The maximum Gasteiger partial charge on any atom is 0.240 e. The average Bonchev–Trinajstić information content (AvgIpc) is 2.60. The molecule has 3 unspecified atom stereocenters. The van der Waals surface area contributed by atoms with E-state index < -0.39 is 0 Å². The van der Waals surface area contributed by atoms with Crippen molar-refractivity contribution in [3.05, 3.63) is 0 Å². The molecule has 3 atom stereocenters. The van der Waals surface area contributed by atoms with Gasteiger partial charge in [-0.05, 0) is 26.0 Å². The predicted octanol–water partition coefficient (Wildman–Crippen LogP) is 1.44. The zero-order chi connectivity index (χ0) is 10.8. The van der Waals surface area contributed by atoms with Crippen LogP contribution in [0.4, 0.5) is 0 Å². The summed E-state index contributed by atoms with van der Waals surface area (Å²) < 4.78 is 0. The molecule has 1 saturated carbocycles. The molecule has 1 aliphatic carbocycles. The molecule has 0 aromatic carbocycles. The van der Waals surface area contributed by atoms with E-state index in [1.165, 1.54) is 25.7 Å².